The van der Waals surface area contributed by atoms with E-state index in [1.54, 1.807) is 18.2 Å². The van der Waals surface area contributed by atoms with Gasteiger partial charge in [0.2, 0.25) is 0 Å². The molecule has 0 spiro atoms. The third kappa shape index (κ3) is 3.60. The molecule has 0 unspecified atom stereocenters. The molecule has 1 N–H and O–H groups in total. The fourth-order valence-electron chi connectivity index (χ4n) is 2.45. The Kier molecular flexibility index (Phi) is 5.08. The zero-order chi connectivity index (χ0) is 19.6. The average Bonchev–Trinajstić information content (AvgIpc) is 3.08. The van der Waals surface area contributed by atoms with E-state index < -0.39 is 10.8 Å². The van der Waals surface area contributed by atoms with E-state index in [1.807, 2.05) is 0 Å². The molecular formula is C17H15N3O6S. The molecule has 0 atom stereocenters. The zero-order valence-corrected chi connectivity index (χ0v) is 15.5. The van der Waals surface area contributed by atoms with Crippen LogP contribution in [0.4, 0.5) is 10.8 Å². The van der Waals surface area contributed by atoms with Crippen LogP contribution < -0.4 is 19.5 Å². The third-order valence-corrected chi connectivity index (χ3v) is 4.67. The standard InChI is InChI=1S/C17H15N3O6S/c1-24-10-4-5-11(12(8-10)25-2)16(21)19-17-18-15-13(26-3)6-9(20(22)23)7-14(15)27-17/h4-8H,1-3H3,(H,18,19,21). The normalized spacial score (nSPS) is 10.5. The third-order valence-electron chi connectivity index (χ3n) is 3.75. The second-order valence-electron chi connectivity index (χ2n) is 5.29. The predicted octanol–water partition coefficient (Wildman–Crippen LogP) is 3.48. The maximum Gasteiger partial charge on any atom is 0.274 e. The van der Waals surface area contributed by atoms with Crippen molar-refractivity contribution in [1.29, 1.82) is 0 Å². The number of anilines is 1. The largest absolute Gasteiger partial charge is 0.497 e. The number of carbonyl (C=O) groups is 1. The first-order valence-electron chi connectivity index (χ1n) is 7.63. The lowest BCUT2D eigenvalue weighted by Gasteiger charge is -2.09. The first kappa shape index (κ1) is 18.4. The Labute approximate surface area is 157 Å². The smallest absolute Gasteiger partial charge is 0.274 e. The van der Waals surface area contributed by atoms with E-state index in [4.69, 9.17) is 14.2 Å². The Hall–Kier alpha value is -3.40. The second-order valence-corrected chi connectivity index (χ2v) is 6.32. The molecule has 1 amide bonds. The van der Waals surface area contributed by atoms with Crippen LogP contribution in [0.25, 0.3) is 10.2 Å². The van der Waals surface area contributed by atoms with Gasteiger partial charge in [0, 0.05) is 12.1 Å². The summed E-state index contributed by atoms with van der Waals surface area (Å²) in [6, 6.07) is 7.49. The number of non-ortho nitro benzene ring substituents is 1. The van der Waals surface area contributed by atoms with Gasteiger partial charge < -0.3 is 14.2 Å². The number of hydrogen-bond donors (Lipinski definition) is 1. The van der Waals surface area contributed by atoms with Gasteiger partial charge in [0.05, 0.1) is 42.6 Å². The number of benzene rings is 2. The van der Waals surface area contributed by atoms with Crippen molar-refractivity contribution < 1.29 is 23.9 Å². The lowest BCUT2D eigenvalue weighted by Crippen LogP contribution is -2.13. The highest BCUT2D eigenvalue weighted by molar-refractivity contribution is 7.22. The number of nitrogens with zero attached hydrogens (tertiary/aromatic N) is 2. The lowest BCUT2D eigenvalue weighted by molar-refractivity contribution is -0.384. The number of aromatic nitrogens is 1. The number of carbonyl (C=O) groups excluding carboxylic acids is 1. The average molecular weight is 389 g/mol. The number of hydrogen-bond acceptors (Lipinski definition) is 8. The molecule has 9 nitrogen and oxygen atoms in total. The second kappa shape index (κ2) is 7.46. The lowest BCUT2D eigenvalue weighted by atomic mass is 10.2. The van der Waals surface area contributed by atoms with Crippen LogP contribution in [-0.2, 0) is 0 Å². The molecule has 0 saturated carbocycles. The summed E-state index contributed by atoms with van der Waals surface area (Å²) in [6.07, 6.45) is 0. The molecule has 0 aliphatic heterocycles. The Balaban J connectivity index is 1.95. The van der Waals surface area contributed by atoms with Gasteiger partial charge in [-0.1, -0.05) is 11.3 Å². The number of methoxy groups -OCH3 is 3. The Bertz CT molecular complexity index is 1030. The molecule has 27 heavy (non-hydrogen) atoms. The molecule has 0 aliphatic carbocycles. The summed E-state index contributed by atoms with van der Waals surface area (Å²) < 4.78 is 16.0. The number of nitro benzene ring substituents is 1. The van der Waals surface area contributed by atoms with Crippen molar-refractivity contribution >= 4 is 38.3 Å². The summed E-state index contributed by atoms with van der Waals surface area (Å²) in [5.74, 6) is 0.738. The quantitative estimate of drug-likeness (QED) is 0.507. The fraction of sp³-hybridized carbons (Fsp3) is 0.176. The van der Waals surface area contributed by atoms with Crippen molar-refractivity contribution in [2.24, 2.45) is 0 Å². The molecule has 0 bridgehead atoms. The van der Waals surface area contributed by atoms with Gasteiger partial charge in [-0.25, -0.2) is 4.98 Å². The highest BCUT2D eigenvalue weighted by Gasteiger charge is 2.19. The minimum atomic E-state index is -0.512. The molecule has 0 saturated heterocycles. The SMILES string of the molecule is COc1ccc(C(=O)Nc2nc3c(OC)cc([N+](=O)[O-])cc3s2)c(OC)c1. The predicted molar refractivity (Wildman–Crippen MR) is 100 cm³/mol. The Morgan fingerprint density at radius 2 is 1.85 bits per heavy atom. The fourth-order valence-corrected chi connectivity index (χ4v) is 3.36. The van der Waals surface area contributed by atoms with E-state index in [0.717, 1.165) is 11.3 Å². The topological polar surface area (TPSA) is 113 Å². The number of rotatable bonds is 6. The van der Waals surface area contributed by atoms with E-state index in [1.165, 1.54) is 33.5 Å². The summed E-state index contributed by atoms with van der Waals surface area (Å²) >= 11 is 1.11. The molecule has 0 aliphatic rings. The van der Waals surface area contributed by atoms with E-state index in [-0.39, 0.29) is 16.6 Å². The zero-order valence-electron chi connectivity index (χ0n) is 14.6. The molecule has 3 rings (SSSR count). The Morgan fingerprint density at radius 3 is 2.48 bits per heavy atom. The minimum Gasteiger partial charge on any atom is -0.497 e. The number of thiazole rings is 1. The molecular weight excluding hydrogens is 374 g/mol. The van der Waals surface area contributed by atoms with Crippen molar-refractivity contribution in [2.45, 2.75) is 0 Å². The molecule has 10 heteroatoms. The maximum absolute atomic E-state index is 12.6. The van der Waals surface area contributed by atoms with Crippen LogP contribution >= 0.6 is 11.3 Å². The van der Waals surface area contributed by atoms with E-state index in [0.29, 0.717) is 27.3 Å². The first-order chi connectivity index (χ1) is 13.0. The van der Waals surface area contributed by atoms with Crippen molar-refractivity contribution in [3.8, 4) is 17.2 Å². The monoisotopic (exact) mass is 389 g/mol. The summed E-state index contributed by atoms with van der Waals surface area (Å²) in [7, 11) is 4.37. The van der Waals surface area contributed by atoms with Crippen LogP contribution in [0.15, 0.2) is 30.3 Å². The summed E-state index contributed by atoms with van der Waals surface area (Å²) in [6.45, 7) is 0. The highest BCUT2D eigenvalue weighted by atomic mass is 32.1. The van der Waals surface area contributed by atoms with Gasteiger partial charge in [0.1, 0.15) is 17.0 Å². The summed E-state index contributed by atoms with van der Waals surface area (Å²) in [5.41, 5.74) is 0.623. The van der Waals surface area contributed by atoms with E-state index >= 15 is 0 Å². The molecule has 1 heterocycles. The van der Waals surface area contributed by atoms with Crippen LogP contribution in [0.5, 0.6) is 17.2 Å². The summed E-state index contributed by atoms with van der Waals surface area (Å²) in [4.78, 5) is 27.4. The van der Waals surface area contributed by atoms with Crippen LogP contribution in [0.2, 0.25) is 0 Å². The van der Waals surface area contributed by atoms with Gasteiger partial charge in [-0.2, -0.15) is 0 Å². The number of ether oxygens (including phenoxy) is 3. The van der Waals surface area contributed by atoms with Crippen LogP contribution in [0.3, 0.4) is 0 Å². The van der Waals surface area contributed by atoms with Gasteiger partial charge >= 0.3 is 0 Å². The number of fused-ring (bicyclic) bond motifs is 1. The first-order valence-corrected chi connectivity index (χ1v) is 8.44. The van der Waals surface area contributed by atoms with E-state index in [2.05, 4.69) is 10.3 Å². The summed E-state index contributed by atoms with van der Waals surface area (Å²) in [5, 5.41) is 14.0. The van der Waals surface area contributed by atoms with Gasteiger partial charge in [-0.3, -0.25) is 20.2 Å². The van der Waals surface area contributed by atoms with Crippen molar-refractivity contribution in [3.63, 3.8) is 0 Å². The van der Waals surface area contributed by atoms with E-state index in [9.17, 15) is 14.9 Å². The molecule has 1 aromatic heterocycles. The minimum absolute atomic E-state index is 0.113. The molecule has 140 valence electrons. The number of nitro groups is 1. The molecule has 0 radical (unpaired) electrons. The van der Waals surface area contributed by atoms with Crippen molar-refractivity contribution in [2.75, 3.05) is 26.6 Å². The van der Waals surface area contributed by atoms with Crippen LogP contribution in [-0.4, -0.2) is 37.1 Å². The van der Waals surface area contributed by atoms with Crippen LogP contribution in [0.1, 0.15) is 10.4 Å². The molecule has 2 aromatic carbocycles. The van der Waals surface area contributed by atoms with Gasteiger partial charge in [0.15, 0.2) is 10.9 Å². The van der Waals surface area contributed by atoms with Crippen molar-refractivity contribution in [1.82, 2.24) is 4.98 Å². The van der Waals surface area contributed by atoms with Gasteiger partial charge in [-0.05, 0) is 12.1 Å². The molecule has 0 fully saturated rings. The number of nitrogens with one attached hydrogen (secondary N) is 1. The Morgan fingerprint density at radius 1 is 1.11 bits per heavy atom. The van der Waals surface area contributed by atoms with Gasteiger partial charge in [-0.15, -0.1) is 0 Å². The van der Waals surface area contributed by atoms with Gasteiger partial charge in [0.25, 0.3) is 11.6 Å². The molecule has 3 aromatic rings. The van der Waals surface area contributed by atoms with Crippen LogP contribution in [0, 0.1) is 10.1 Å². The highest BCUT2D eigenvalue weighted by Crippen LogP contribution is 2.36. The number of amides is 1. The maximum atomic E-state index is 12.6. The van der Waals surface area contributed by atoms with Crippen molar-refractivity contribution in [3.05, 3.63) is 46.0 Å².